The van der Waals surface area contributed by atoms with E-state index in [9.17, 15) is 24.3 Å². The Balaban J connectivity index is 1.69. The molecule has 2 amide bonds. The Kier molecular flexibility index (Phi) is 9.83. The molecule has 1 atom stereocenters. The van der Waals surface area contributed by atoms with E-state index in [0.29, 0.717) is 11.1 Å². The standard InChI is InChI=1S/C31H34N4O8/c1-5-13-42-30(39)32-25-16-27(43-19-20-9-7-6-8-10-20)26(41-4)15-23(25)29(38)35-12-11-21(14-22(35)18-36)24-17-33(2)31(40)34(3)28(24)37/h5-11,15-17,22,36H,1,12-14,18-19H2,2-4H3,(H,32,39)/t22-/m0/s1. The van der Waals surface area contributed by atoms with Crippen molar-refractivity contribution in [3.8, 4) is 11.5 Å². The molecule has 1 aromatic heterocycles. The summed E-state index contributed by atoms with van der Waals surface area (Å²) in [5.41, 5.74) is 1.08. The molecule has 2 aromatic carbocycles. The number of rotatable bonds is 10. The summed E-state index contributed by atoms with van der Waals surface area (Å²) in [4.78, 5) is 52.9. The number of amides is 2. The molecule has 0 radical (unpaired) electrons. The molecule has 0 unspecified atom stereocenters. The Bertz CT molecular complexity index is 1660. The first-order valence-corrected chi connectivity index (χ1v) is 13.5. The molecular formula is C31H34N4O8. The summed E-state index contributed by atoms with van der Waals surface area (Å²) in [5.74, 6) is 0.0356. The molecule has 0 spiro atoms. The second-order valence-corrected chi connectivity index (χ2v) is 9.86. The number of anilines is 1. The lowest BCUT2D eigenvalue weighted by Crippen LogP contribution is -2.46. The number of hydrogen-bond donors (Lipinski definition) is 2. The van der Waals surface area contributed by atoms with Crippen molar-refractivity contribution >= 4 is 23.3 Å². The first-order valence-electron chi connectivity index (χ1n) is 13.5. The minimum atomic E-state index is -0.807. The van der Waals surface area contributed by atoms with Crippen LogP contribution in [0.15, 0.2) is 77.0 Å². The molecule has 43 heavy (non-hydrogen) atoms. The van der Waals surface area contributed by atoms with Crippen LogP contribution < -0.4 is 26.0 Å². The number of nitrogens with one attached hydrogen (secondary N) is 1. The summed E-state index contributed by atoms with van der Waals surface area (Å²) in [5, 5.41) is 12.9. The normalized spacial score (nSPS) is 14.5. The van der Waals surface area contributed by atoms with E-state index < -0.39 is 35.9 Å². The molecule has 2 N–H and O–H groups in total. The van der Waals surface area contributed by atoms with Crippen molar-refractivity contribution in [2.24, 2.45) is 14.1 Å². The summed E-state index contributed by atoms with van der Waals surface area (Å²) in [6.45, 7) is 3.36. The number of aryl methyl sites for hydroxylation is 1. The number of aliphatic hydroxyl groups is 1. The third-order valence-electron chi connectivity index (χ3n) is 7.04. The number of aliphatic hydroxyl groups excluding tert-OH is 1. The van der Waals surface area contributed by atoms with Gasteiger partial charge in [-0.3, -0.25) is 19.5 Å². The fraction of sp³-hybridized carbons (Fsp3) is 0.290. The number of benzene rings is 2. The predicted molar refractivity (Wildman–Crippen MR) is 160 cm³/mol. The van der Waals surface area contributed by atoms with Gasteiger partial charge in [-0.15, -0.1) is 0 Å². The van der Waals surface area contributed by atoms with Gasteiger partial charge in [0.15, 0.2) is 11.5 Å². The van der Waals surface area contributed by atoms with Crippen molar-refractivity contribution in [3.05, 3.63) is 105 Å². The van der Waals surface area contributed by atoms with Crippen LogP contribution in [0.3, 0.4) is 0 Å². The summed E-state index contributed by atoms with van der Waals surface area (Å²) < 4.78 is 18.9. The van der Waals surface area contributed by atoms with E-state index in [4.69, 9.17) is 14.2 Å². The van der Waals surface area contributed by atoms with Crippen molar-refractivity contribution in [1.29, 1.82) is 0 Å². The fourth-order valence-corrected chi connectivity index (χ4v) is 4.75. The van der Waals surface area contributed by atoms with Crippen LogP contribution in [0.1, 0.15) is 27.9 Å². The molecular weight excluding hydrogens is 556 g/mol. The Morgan fingerprint density at radius 1 is 1.14 bits per heavy atom. The lowest BCUT2D eigenvalue weighted by molar-refractivity contribution is 0.0619. The zero-order valence-corrected chi connectivity index (χ0v) is 24.2. The van der Waals surface area contributed by atoms with E-state index in [1.165, 1.54) is 48.0 Å². The topological polar surface area (TPSA) is 141 Å². The first kappa shape index (κ1) is 30.8. The number of nitrogens with zero attached hydrogens (tertiary/aromatic N) is 3. The van der Waals surface area contributed by atoms with Crippen molar-refractivity contribution < 1.29 is 28.9 Å². The van der Waals surface area contributed by atoms with Crippen LogP contribution in [0.4, 0.5) is 10.5 Å². The molecule has 0 bridgehead atoms. The van der Waals surface area contributed by atoms with Gasteiger partial charge < -0.3 is 28.8 Å². The lowest BCUT2D eigenvalue weighted by Gasteiger charge is -2.35. The highest BCUT2D eigenvalue weighted by Gasteiger charge is 2.32. The van der Waals surface area contributed by atoms with Gasteiger partial charge in [0.05, 0.1) is 36.6 Å². The molecule has 12 nitrogen and oxygen atoms in total. The van der Waals surface area contributed by atoms with E-state index in [1.54, 1.807) is 13.1 Å². The summed E-state index contributed by atoms with van der Waals surface area (Å²) in [6.07, 6.45) is 3.94. The van der Waals surface area contributed by atoms with Crippen molar-refractivity contribution in [1.82, 2.24) is 14.0 Å². The molecule has 3 aromatic rings. The van der Waals surface area contributed by atoms with E-state index in [-0.39, 0.29) is 48.9 Å². The number of ether oxygens (including phenoxy) is 3. The smallest absolute Gasteiger partial charge is 0.411 e. The van der Waals surface area contributed by atoms with E-state index in [1.807, 2.05) is 30.3 Å². The number of methoxy groups -OCH3 is 1. The molecule has 12 heteroatoms. The molecule has 0 saturated carbocycles. The Labute approximate surface area is 248 Å². The zero-order chi connectivity index (χ0) is 31.1. The fourth-order valence-electron chi connectivity index (χ4n) is 4.75. The Morgan fingerprint density at radius 3 is 2.56 bits per heavy atom. The average molecular weight is 591 g/mol. The Hall–Kier alpha value is -5.10. The van der Waals surface area contributed by atoms with Crippen LogP contribution in [-0.2, 0) is 25.4 Å². The third kappa shape index (κ3) is 6.87. The van der Waals surface area contributed by atoms with Gasteiger partial charge in [-0.25, -0.2) is 9.59 Å². The van der Waals surface area contributed by atoms with Gasteiger partial charge in [0, 0.05) is 32.9 Å². The van der Waals surface area contributed by atoms with Gasteiger partial charge in [0.25, 0.3) is 11.5 Å². The van der Waals surface area contributed by atoms with Crippen molar-refractivity contribution in [3.63, 3.8) is 0 Å². The van der Waals surface area contributed by atoms with Gasteiger partial charge in [-0.2, -0.15) is 0 Å². The average Bonchev–Trinajstić information content (AvgIpc) is 3.03. The van der Waals surface area contributed by atoms with Crippen LogP contribution in [0.25, 0.3) is 5.57 Å². The molecule has 0 aliphatic carbocycles. The van der Waals surface area contributed by atoms with Crippen LogP contribution in [-0.4, -0.2) is 64.1 Å². The van der Waals surface area contributed by atoms with Gasteiger partial charge in [0.2, 0.25) is 0 Å². The first-order chi connectivity index (χ1) is 20.7. The van der Waals surface area contributed by atoms with Crippen LogP contribution >= 0.6 is 0 Å². The van der Waals surface area contributed by atoms with Crippen molar-refractivity contribution in [2.45, 2.75) is 19.1 Å². The minimum Gasteiger partial charge on any atom is -0.493 e. The number of aromatic nitrogens is 2. The number of carbonyl (C=O) groups is 2. The van der Waals surface area contributed by atoms with E-state index >= 15 is 0 Å². The molecule has 0 fully saturated rings. The molecule has 2 heterocycles. The molecule has 0 saturated heterocycles. The summed E-state index contributed by atoms with van der Waals surface area (Å²) >= 11 is 0. The molecule has 1 aliphatic heterocycles. The van der Waals surface area contributed by atoms with E-state index in [0.717, 1.165) is 10.1 Å². The van der Waals surface area contributed by atoms with Gasteiger partial charge in [-0.05, 0) is 23.6 Å². The summed E-state index contributed by atoms with van der Waals surface area (Å²) in [7, 11) is 4.37. The van der Waals surface area contributed by atoms with Gasteiger partial charge in [0.1, 0.15) is 13.2 Å². The zero-order valence-electron chi connectivity index (χ0n) is 24.2. The quantitative estimate of drug-likeness (QED) is 0.344. The maximum Gasteiger partial charge on any atom is 0.411 e. The molecule has 4 rings (SSSR count). The molecule has 226 valence electrons. The second kappa shape index (κ2) is 13.7. The maximum atomic E-state index is 14.0. The predicted octanol–water partition coefficient (Wildman–Crippen LogP) is 2.70. The second-order valence-electron chi connectivity index (χ2n) is 9.86. The number of hydrogen-bond acceptors (Lipinski definition) is 8. The third-order valence-corrected chi connectivity index (χ3v) is 7.04. The minimum absolute atomic E-state index is 0.0422. The highest BCUT2D eigenvalue weighted by molar-refractivity contribution is 6.04. The lowest BCUT2D eigenvalue weighted by atomic mass is 9.95. The number of carbonyl (C=O) groups excluding carboxylic acids is 2. The Morgan fingerprint density at radius 2 is 1.88 bits per heavy atom. The van der Waals surface area contributed by atoms with Gasteiger partial charge in [-0.1, -0.05) is 49.1 Å². The largest absolute Gasteiger partial charge is 0.493 e. The summed E-state index contributed by atoms with van der Waals surface area (Å²) in [6, 6.07) is 11.7. The highest BCUT2D eigenvalue weighted by atomic mass is 16.5. The van der Waals surface area contributed by atoms with Crippen LogP contribution in [0.5, 0.6) is 11.5 Å². The van der Waals surface area contributed by atoms with Gasteiger partial charge >= 0.3 is 11.8 Å². The van der Waals surface area contributed by atoms with Crippen LogP contribution in [0, 0.1) is 0 Å². The van der Waals surface area contributed by atoms with E-state index in [2.05, 4.69) is 11.9 Å². The maximum absolute atomic E-state index is 14.0. The molecule has 1 aliphatic rings. The SMILES string of the molecule is C=CCOC(=O)Nc1cc(OCc2ccccc2)c(OC)cc1C(=O)N1CC=C(c2cn(C)c(=O)n(C)c2=O)C[C@H]1CO. The van der Waals surface area contributed by atoms with Crippen molar-refractivity contribution in [2.75, 3.05) is 32.2 Å². The highest BCUT2D eigenvalue weighted by Crippen LogP contribution is 2.36. The monoisotopic (exact) mass is 590 g/mol. The van der Waals surface area contributed by atoms with Crippen LogP contribution in [0.2, 0.25) is 0 Å².